The Bertz CT molecular complexity index is 470. The molecule has 0 radical (unpaired) electrons. The van der Waals surface area contributed by atoms with Gasteiger partial charge in [0.05, 0.1) is 6.54 Å². The molecule has 1 aliphatic rings. The van der Waals surface area contributed by atoms with Gasteiger partial charge >= 0.3 is 0 Å². The number of carbonyl (C=O) groups is 1. The maximum Gasteiger partial charge on any atom is 0.234 e. The van der Waals surface area contributed by atoms with E-state index in [9.17, 15) is 4.79 Å². The molecule has 1 aromatic carbocycles. The topological polar surface area (TPSA) is 58.4 Å². The van der Waals surface area contributed by atoms with Crippen LogP contribution in [0.2, 0.25) is 5.02 Å². The van der Waals surface area contributed by atoms with Crippen LogP contribution in [0.4, 0.5) is 0 Å². The van der Waals surface area contributed by atoms with E-state index >= 15 is 0 Å². The Morgan fingerprint density at radius 2 is 2.29 bits per heavy atom. The lowest BCUT2D eigenvalue weighted by molar-refractivity contribution is -0.122. The van der Waals surface area contributed by atoms with E-state index in [1.54, 1.807) is 0 Å². The van der Waals surface area contributed by atoms with Gasteiger partial charge in [0.1, 0.15) is 0 Å². The first-order valence-corrected chi connectivity index (χ1v) is 7.90. The normalized spacial score (nSPS) is 23.0. The van der Waals surface area contributed by atoms with Gasteiger partial charge in [-0.15, -0.1) is 0 Å². The molecule has 2 unspecified atom stereocenters. The third kappa shape index (κ3) is 5.65. The van der Waals surface area contributed by atoms with Crippen LogP contribution in [0.3, 0.4) is 0 Å². The third-order valence-corrected chi connectivity index (χ3v) is 3.99. The molecule has 0 saturated carbocycles. The molecule has 1 amide bonds. The van der Waals surface area contributed by atoms with Crippen LogP contribution in [0.1, 0.15) is 18.9 Å². The first-order valence-electron chi connectivity index (χ1n) is 7.52. The fraction of sp³-hybridized carbons (Fsp3) is 0.562. The summed E-state index contributed by atoms with van der Waals surface area (Å²) in [6.07, 6.45) is 1.84. The average Bonchev–Trinajstić information content (AvgIpc) is 2.37. The Morgan fingerprint density at radius 1 is 1.48 bits per heavy atom. The number of piperidine rings is 1. The predicted octanol–water partition coefficient (Wildman–Crippen LogP) is 1.67. The largest absolute Gasteiger partial charge is 0.355 e. The summed E-state index contributed by atoms with van der Waals surface area (Å²) >= 11 is 5.94. The highest BCUT2D eigenvalue weighted by molar-refractivity contribution is 6.30. The van der Waals surface area contributed by atoms with E-state index in [0.717, 1.165) is 36.5 Å². The van der Waals surface area contributed by atoms with Crippen molar-refractivity contribution in [2.24, 2.45) is 11.7 Å². The molecule has 3 N–H and O–H groups in total. The summed E-state index contributed by atoms with van der Waals surface area (Å²) in [4.78, 5) is 14.1. The van der Waals surface area contributed by atoms with Crippen LogP contribution in [0, 0.1) is 5.92 Å². The summed E-state index contributed by atoms with van der Waals surface area (Å²) in [7, 11) is 0. The second-order valence-corrected chi connectivity index (χ2v) is 6.46. The van der Waals surface area contributed by atoms with Gasteiger partial charge in [0, 0.05) is 30.7 Å². The van der Waals surface area contributed by atoms with Gasteiger partial charge in [-0.3, -0.25) is 9.69 Å². The number of halogens is 1. The summed E-state index contributed by atoms with van der Waals surface area (Å²) in [6.45, 7) is 5.02. The van der Waals surface area contributed by atoms with Crippen LogP contribution in [-0.4, -0.2) is 43.0 Å². The highest BCUT2D eigenvalue weighted by atomic mass is 35.5. The predicted molar refractivity (Wildman–Crippen MR) is 86.4 cm³/mol. The van der Waals surface area contributed by atoms with Gasteiger partial charge < -0.3 is 11.1 Å². The van der Waals surface area contributed by atoms with Crippen molar-refractivity contribution in [1.29, 1.82) is 0 Å². The lowest BCUT2D eigenvalue weighted by Crippen LogP contribution is -2.49. The monoisotopic (exact) mass is 309 g/mol. The standard InChI is InChI=1S/C16H24ClN3O/c1-12-7-15(18)10-20(9-12)11-16(21)19-6-5-13-3-2-4-14(17)8-13/h2-4,8,12,15H,5-7,9-11,18H2,1H3,(H,19,21). The number of carbonyl (C=O) groups excluding carboxylic acids is 1. The van der Waals surface area contributed by atoms with Crippen molar-refractivity contribution in [1.82, 2.24) is 10.2 Å². The summed E-state index contributed by atoms with van der Waals surface area (Å²) in [5.41, 5.74) is 7.13. The Kier molecular flexibility index (Phi) is 6.03. The average molecular weight is 310 g/mol. The van der Waals surface area contributed by atoms with Crippen molar-refractivity contribution in [2.45, 2.75) is 25.8 Å². The van der Waals surface area contributed by atoms with E-state index in [0.29, 0.717) is 19.0 Å². The van der Waals surface area contributed by atoms with Crippen LogP contribution in [0.5, 0.6) is 0 Å². The van der Waals surface area contributed by atoms with Crippen molar-refractivity contribution < 1.29 is 4.79 Å². The number of nitrogens with one attached hydrogen (secondary N) is 1. The highest BCUT2D eigenvalue weighted by Crippen LogP contribution is 2.14. The Balaban J connectivity index is 1.70. The first-order chi connectivity index (χ1) is 10.0. The summed E-state index contributed by atoms with van der Waals surface area (Å²) in [5.74, 6) is 0.631. The maximum absolute atomic E-state index is 12.0. The van der Waals surface area contributed by atoms with Gasteiger partial charge in [0.15, 0.2) is 0 Å². The highest BCUT2D eigenvalue weighted by Gasteiger charge is 2.23. The second kappa shape index (κ2) is 7.78. The molecule has 1 aliphatic heterocycles. The molecule has 0 aromatic heterocycles. The Morgan fingerprint density at radius 3 is 3.00 bits per heavy atom. The number of nitrogens with zero attached hydrogens (tertiary/aromatic N) is 1. The Labute approximate surface area is 131 Å². The van der Waals surface area contributed by atoms with E-state index in [2.05, 4.69) is 17.1 Å². The molecule has 1 heterocycles. The van der Waals surface area contributed by atoms with Crippen LogP contribution in [0.25, 0.3) is 0 Å². The van der Waals surface area contributed by atoms with Crippen LogP contribution in [0.15, 0.2) is 24.3 Å². The molecule has 2 rings (SSSR count). The van der Waals surface area contributed by atoms with Crippen molar-refractivity contribution in [3.8, 4) is 0 Å². The minimum atomic E-state index is 0.0679. The van der Waals surface area contributed by atoms with E-state index in [4.69, 9.17) is 17.3 Å². The molecule has 4 nitrogen and oxygen atoms in total. The first kappa shape index (κ1) is 16.3. The molecule has 0 bridgehead atoms. The zero-order chi connectivity index (χ0) is 15.2. The van der Waals surface area contributed by atoms with Crippen LogP contribution < -0.4 is 11.1 Å². The number of likely N-dealkylation sites (tertiary alicyclic amines) is 1. The van der Waals surface area contributed by atoms with Crippen molar-refractivity contribution >= 4 is 17.5 Å². The molecule has 0 aliphatic carbocycles. The summed E-state index contributed by atoms with van der Waals surface area (Å²) in [5, 5.41) is 3.69. The molecule has 1 fully saturated rings. The fourth-order valence-corrected chi connectivity index (χ4v) is 3.15. The number of rotatable bonds is 5. The van der Waals surface area contributed by atoms with Gasteiger partial charge in [-0.05, 0) is 36.5 Å². The summed E-state index contributed by atoms with van der Waals surface area (Å²) < 4.78 is 0. The Hall–Kier alpha value is -1.10. The minimum absolute atomic E-state index is 0.0679. The molecule has 1 saturated heterocycles. The van der Waals surface area contributed by atoms with Crippen LogP contribution >= 0.6 is 11.6 Å². The number of benzene rings is 1. The number of nitrogens with two attached hydrogens (primary N) is 1. The molecular weight excluding hydrogens is 286 g/mol. The molecular formula is C16H24ClN3O. The van der Waals surface area contributed by atoms with Gasteiger partial charge in [-0.1, -0.05) is 30.7 Å². The summed E-state index contributed by atoms with van der Waals surface area (Å²) in [6, 6.07) is 7.91. The van der Waals surface area contributed by atoms with E-state index in [1.807, 2.05) is 24.3 Å². The van der Waals surface area contributed by atoms with E-state index in [-0.39, 0.29) is 11.9 Å². The number of hydrogen-bond donors (Lipinski definition) is 2. The molecule has 0 spiro atoms. The van der Waals surface area contributed by atoms with Crippen LogP contribution in [-0.2, 0) is 11.2 Å². The third-order valence-electron chi connectivity index (χ3n) is 3.76. The number of amides is 1. The smallest absolute Gasteiger partial charge is 0.234 e. The number of hydrogen-bond acceptors (Lipinski definition) is 3. The zero-order valence-electron chi connectivity index (χ0n) is 12.5. The fourth-order valence-electron chi connectivity index (χ4n) is 2.94. The van der Waals surface area contributed by atoms with E-state index < -0.39 is 0 Å². The SMILES string of the molecule is CC1CC(N)CN(CC(=O)NCCc2cccc(Cl)c2)C1. The maximum atomic E-state index is 12.0. The minimum Gasteiger partial charge on any atom is -0.355 e. The lowest BCUT2D eigenvalue weighted by Gasteiger charge is -2.34. The van der Waals surface area contributed by atoms with Crippen molar-refractivity contribution in [3.63, 3.8) is 0 Å². The molecule has 21 heavy (non-hydrogen) atoms. The molecule has 2 atom stereocenters. The molecule has 116 valence electrons. The van der Waals surface area contributed by atoms with Gasteiger partial charge in [-0.2, -0.15) is 0 Å². The quantitative estimate of drug-likeness (QED) is 0.870. The zero-order valence-corrected chi connectivity index (χ0v) is 13.3. The molecule has 5 heteroatoms. The van der Waals surface area contributed by atoms with Crippen molar-refractivity contribution in [3.05, 3.63) is 34.9 Å². The second-order valence-electron chi connectivity index (χ2n) is 6.02. The van der Waals surface area contributed by atoms with Gasteiger partial charge in [-0.25, -0.2) is 0 Å². The lowest BCUT2D eigenvalue weighted by atomic mass is 9.97. The van der Waals surface area contributed by atoms with E-state index in [1.165, 1.54) is 0 Å². The molecule has 1 aromatic rings. The van der Waals surface area contributed by atoms with Gasteiger partial charge in [0.2, 0.25) is 5.91 Å². The van der Waals surface area contributed by atoms with Crippen molar-refractivity contribution in [2.75, 3.05) is 26.2 Å². The van der Waals surface area contributed by atoms with Gasteiger partial charge in [0.25, 0.3) is 0 Å².